The lowest BCUT2D eigenvalue weighted by molar-refractivity contribution is -0.139. The third-order valence-electron chi connectivity index (χ3n) is 4.55. The zero-order valence-corrected chi connectivity index (χ0v) is 17.0. The molecule has 0 saturated carbocycles. The van der Waals surface area contributed by atoms with Crippen LogP contribution in [0.25, 0.3) is 0 Å². The third-order valence-corrected chi connectivity index (χ3v) is 4.89. The second kappa shape index (κ2) is 9.13. The molecule has 0 spiro atoms. The van der Waals surface area contributed by atoms with Gasteiger partial charge in [-0.1, -0.05) is 29.8 Å². The van der Waals surface area contributed by atoms with E-state index < -0.39 is 29.7 Å². The van der Waals surface area contributed by atoms with Gasteiger partial charge in [0, 0.05) is 18.1 Å². The van der Waals surface area contributed by atoms with E-state index in [1.807, 2.05) is 0 Å². The first-order valence-corrected chi connectivity index (χ1v) is 9.48. The van der Waals surface area contributed by atoms with E-state index in [2.05, 4.69) is 5.32 Å². The third kappa shape index (κ3) is 4.38. The molecule has 3 rings (SSSR count). The van der Waals surface area contributed by atoms with Crippen molar-refractivity contribution in [3.05, 3.63) is 76.0 Å². The highest BCUT2D eigenvalue weighted by Gasteiger charge is 2.37. The Kier molecular flexibility index (Phi) is 6.56. The minimum Gasteiger partial charge on any atom is -0.484 e. The van der Waals surface area contributed by atoms with Gasteiger partial charge in [-0.15, -0.1) is 0 Å². The summed E-state index contributed by atoms with van der Waals surface area (Å²) < 4.78 is 37.8. The lowest BCUT2D eigenvalue weighted by Gasteiger charge is -2.34. The fourth-order valence-electron chi connectivity index (χ4n) is 3.06. The number of carbonyl (C=O) groups is 2. The quantitative estimate of drug-likeness (QED) is 0.689. The molecule has 0 fully saturated rings. The number of halogens is 3. The van der Waals surface area contributed by atoms with E-state index in [0.717, 1.165) is 12.1 Å². The average molecular weight is 437 g/mol. The van der Waals surface area contributed by atoms with Crippen LogP contribution in [0, 0.1) is 11.6 Å². The Balaban J connectivity index is 2.06. The van der Waals surface area contributed by atoms with Gasteiger partial charge in [0.25, 0.3) is 0 Å². The van der Waals surface area contributed by atoms with Crippen molar-refractivity contribution in [1.82, 2.24) is 10.2 Å². The number of benzene rings is 2. The van der Waals surface area contributed by atoms with E-state index >= 15 is 0 Å². The van der Waals surface area contributed by atoms with Crippen molar-refractivity contribution < 1.29 is 27.8 Å². The average Bonchev–Trinajstić information content (AvgIpc) is 2.70. The molecule has 1 heterocycles. The second-order valence-electron chi connectivity index (χ2n) is 6.41. The van der Waals surface area contributed by atoms with Gasteiger partial charge in [-0.05, 0) is 30.7 Å². The van der Waals surface area contributed by atoms with E-state index in [0.29, 0.717) is 16.7 Å². The minimum absolute atomic E-state index is 0.106. The summed E-state index contributed by atoms with van der Waals surface area (Å²) in [5.74, 6) is -2.55. The van der Waals surface area contributed by atoms with Crippen molar-refractivity contribution in [3.8, 4) is 5.75 Å². The lowest BCUT2D eigenvalue weighted by Crippen LogP contribution is -2.48. The number of esters is 1. The number of likely N-dealkylation sites (N-methyl/N-ethyl adjacent to an activating group) is 1. The number of nitrogens with one attached hydrogen (secondary N) is 1. The van der Waals surface area contributed by atoms with Crippen LogP contribution in [0.15, 0.2) is 53.7 Å². The number of hydrogen-bond acceptors (Lipinski definition) is 4. The van der Waals surface area contributed by atoms with Crippen LogP contribution in [0.4, 0.5) is 13.6 Å². The molecule has 1 N–H and O–H groups in total. The van der Waals surface area contributed by atoms with Gasteiger partial charge < -0.3 is 14.8 Å². The standard InChI is InChI=1S/C21H19ClF2N2O4/c1-3-29-20(27)18-16(11-30-17-9-8-12(23)10-15(17)24)26(2)21(28)25-19(18)13-6-4-5-7-14(13)22/h4-10,19H,3,11H2,1-2H3,(H,25,28). The Morgan fingerprint density at radius 1 is 1.23 bits per heavy atom. The molecule has 6 nitrogen and oxygen atoms in total. The van der Waals surface area contributed by atoms with Gasteiger partial charge in [-0.2, -0.15) is 0 Å². The van der Waals surface area contributed by atoms with Gasteiger partial charge >= 0.3 is 12.0 Å². The summed E-state index contributed by atoms with van der Waals surface area (Å²) >= 11 is 6.29. The Bertz CT molecular complexity index is 1010. The van der Waals surface area contributed by atoms with Crippen molar-refractivity contribution in [2.45, 2.75) is 13.0 Å². The molecule has 2 aromatic rings. The summed E-state index contributed by atoms with van der Waals surface area (Å²) in [5, 5.41) is 3.07. The summed E-state index contributed by atoms with van der Waals surface area (Å²) in [6.07, 6.45) is 0. The van der Waals surface area contributed by atoms with Gasteiger partial charge in [-0.25, -0.2) is 18.4 Å². The van der Waals surface area contributed by atoms with Gasteiger partial charge in [0.2, 0.25) is 0 Å². The summed E-state index contributed by atoms with van der Waals surface area (Å²) in [4.78, 5) is 26.5. The number of carbonyl (C=O) groups excluding carboxylic acids is 2. The molecule has 2 amide bonds. The van der Waals surface area contributed by atoms with E-state index in [4.69, 9.17) is 21.1 Å². The van der Waals surface area contributed by atoms with Crippen molar-refractivity contribution >= 4 is 23.6 Å². The molecule has 2 aromatic carbocycles. The molecule has 1 unspecified atom stereocenters. The van der Waals surface area contributed by atoms with Crippen molar-refractivity contribution in [2.24, 2.45) is 0 Å². The van der Waals surface area contributed by atoms with Crippen LogP contribution in [0.2, 0.25) is 5.02 Å². The smallest absolute Gasteiger partial charge is 0.338 e. The van der Waals surface area contributed by atoms with Crippen LogP contribution in [-0.4, -0.2) is 37.2 Å². The molecule has 0 saturated heterocycles. The monoisotopic (exact) mass is 436 g/mol. The predicted molar refractivity (Wildman–Crippen MR) is 106 cm³/mol. The van der Waals surface area contributed by atoms with Crippen LogP contribution >= 0.6 is 11.6 Å². The first-order chi connectivity index (χ1) is 14.3. The van der Waals surface area contributed by atoms with Crippen LogP contribution in [0.5, 0.6) is 5.75 Å². The molecule has 0 radical (unpaired) electrons. The summed E-state index contributed by atoms with van der Waals surface area (Å²) in [7, 11) is 1.44. The minimum atomic E-state index is -0.904. The topological polar surface area (TPSA) is 67.9 Å². The second-order valence-corrected chi connectivity index (χ2v) is 6.81. The van der Waals surface area contributed by atoms with Crippen LogP contribution < -0.4 is 10.1 Å². The molecule has 1 aliphatic rings. The zero-order chi connectivity index (χ0) is 21.8. The number of amides is 2. The number of urea groups is 1. The Hall–Kier alpha value is -3.13. The maximum Gasteiger partial charge on any atom is 0.338 e. The van der Waals surface area contributed by atoms with E-state index in [-0.39, 0.29) is 30.2 Å². The maximum atomic E-state index is 14.0. The Labute approximate surface area is 177 Å². The summed E-state index contributed by atoms with van der Waals surface area (Å²) in [5.41, 5.74) is 0.773. The molecule has 1 atom stereocenters. The number of nitrogens with zero attached hydrogens (tertiary/aromatic N) is 1. The largest absolute Gasteiger partial charge is 0.484 e. The van der Waals surface area contributed by atoms with Gasteiger partial charge in [-0.3, -0.25) is 4.90 Å². The number of rotatable bonds is 6. The first kappa shape index (κ1) is 21.6. The number of hydrogen-bond donors (Lipinski definition) is 1. The summed E-state index contributed by atoms with van der Waals surface area (Å²) in [6, 6.07) is 8.21. The van der Waals surface area contributed by atoms with E-state index in [9.17, 15) is 18.4 Å². The normalized spacial score (nSPS) is 16.4. The fourth-order valence-corrected chi connectivity index (χ4v) is 3.31. The fraction of sp³-hybridized carbons (Fsp3) is 0.238. The number of ether oxygens (including phenoxy) is 2. The lowest BCUT2D eigenvalue weighted by atomic mass is 9.94. The Morgan fingerprint density at radius 2 is 1.97 bits per heavy atom. The van der Waals surface area contributed by atoms with Crippen molar-refractivity contribution in [3.63, 3.8) is 0 Å². The Morgan fingerprint density at radius 3 is 2.63 bits per heavy atom. The van der Waals surface area contributed by atoms with Gasteiger partial charge in [0.05, 0.1) is 23.9 Å². The molecular formula is C21H19ClF2N2O4. The molecule has 0 aromatic heterocycles. The van der Waals surface area contributed by atoms with E-state index in [1.54, 1.807) is 31.2 Å². The van der Waals surface area contributed by atoms with Crippen LogP contribution in [-0.2, 0) is 9.53 Å². The molecule has 1 aliphatic heterocycles. The SMILES string of the molecule is CCOC(=O)C1=C(COc2ccc(F)cc2F)N(C)C(=O)NC1c1ccccc1Cl. The van der Waals surface area contributed by atoms with Crippen LogP contribution in [0.1, 0.15) is 18.5 Å². The maximum absolute atomic E-state index is 14.0. The van der Waals surface area contributed by atoms with Gasteiger partial charge in [0.15, 0.2) is 11.6 Å². The summed E-state index contributed by atoms with van der Waals surface area (Å²) in [6.45, 7) is 1.43. The van der Waals surface area contributed by atoms with Gasteiger partial charge in [0.1, 0.15) is 12.4 Å². The van der Waals surface area contributed by atoms with Crippen molar-refractivity contribution in [2.75, 3.05) is 20.3 Å². The molecule has 158 valence electrons. The van der Waals surface area contributed by atoms with Crippen molar-refractivity contribution in [1.29, 1.82) is 0 Å². The molecule has 0 bridgehead atoms. The molecule has 0 aliphatic carbocycles. The molecular weight excluding hydrogens is 418 g/mol. The highest BCUT2D eigenvalue weighted by molar-refractivity contribution is 6.31. The van der Waals surface area contributed by atoms with E-state index in [1.165, 1.54) is 11.9 Å². The first-order valence-electron chi connectivity index (χ1n) is 9.10. The zero-order valence-electron chi connectivity index (χ0n) is 16.2. The van der Waals surface area contributed by atoms with Crippen LogP contribution in [0.3, 0.4) is 0 Å². The molecule has 9 heteroatoms. The molecule has 30 heavy (non-hydrogen) atoms. The highest BCUT2D eigenvalue weighted by atomic mass is 35.5. The predicted octanol–water partition coefficient (Wildman–Crippen LogP) is 4.21. The highest BCUT2D eigenvalue weighted by Crippen LogP contribution is 2.34.